The van der Waals surface area contributed by atoms with E-state index in [0.29, 0.717) is 60.0 Å². The summed E-state index contributed by atoms with van der Waals surface area (Å²) in [4.78, 5) is 33.1. The van der Waals surface area contributed by atoms with Crippen LogP contribution in [0.15, 0.2) is 98.3 Å². The molecule has 0 radical (unpaired) electrons. The van der Waals surface area contributed by atoms with Crippen LogP contribution >= 0.6 is 27.3 Å². The van der Waals surface area contributed by atoms with Gasteiger partial charge in [-0.15, -0.1) is 0 Å². The quantitative estimate of drug-likeness (QED) is 0.146. The van der Waals surface area contributed by atoms with Gasteiger partial charge in [-0.05, 0) is 67.4 Å². The molecular formula is C37H32BrFN2O6S. The first-order valence-electron chi connectivity index (χ1n) is 15.3. The van der Waals surface area contributed by atoms with Crippen LogP contribution in [0.25, 0.3) is 16.8 Å². The zero-order valence-corrected chi connectivity index (χ0v) is 29.1. The van der Waals surface area contributed by atoms with E-state index in [9.17, 15) is 14.0 Å². The average molecular weight is 732 g/mol. The van der Waals surface area contributed by atoms with Crippen LogP contribution in [0.4, 0.5) is 4.39 Å². The topological polar surface area (TPSA) is 88.4 Å². The van der Waals surface area contributed by atoms with Gasteiger partial charge in [-0.2, -0.15) is 0 Å². The summed E-state index contributed by atoms with van der Waals surface area (Å²) in [5, 5.41) is 1.80. The second kappa shape index (κ2) is 14.2. The Bertz CT molecular complexity index is 2260. The minimum Gasteiger partial charge on any atom is -0.493 e. The molecule has 0 bridgehead atoms. The maximum absolute atomic E-state index is 14.5. The number of hydrogen-bond acceptors (Lipinski definition) is 8. The number of fused-ring (bicyclic) bond motifs is 2. The summed E-state index contributed by atoms with van der Waals surface area (Å²) >= 11 is 4.87. The van der Waals surface area contributed by atoms with Crippen LogP contribution in [0.5, 0.6) is 17.2 Å². The third-order valence-electron chi connectivity index (χ3n) is 7.94. The second-order valence-corrected chi connectivity index (χ2v) is 12.7. The average Bonchev–Trinajstić information content (AvgIpc) is 3.38. The van der Waals surface area contributed by atoms with E-state index in [4.69, 9.17) is 23.9 Å². The van der Waals surface area contributed by atoms with Crippen molar-refractivity contribution < 1.29 is 28.1 Å². The van der Waals surface area contributed by atoms with Crippen LogP contribution in [0.2, 0.25) is 0 Å². The van der Waals surface area contributed by atoms with Crippen molar-refractivity contribution in [2.45, 2.75) is 33.4 Å². The Morgan fingerprint density at radius 1 is 1.00 bits per heavy atom. The van der Waals surface area contributed by atoms with Crippen molar-refractivity contribution in [3.63, 3.8) is 0 Å². The summed E-state index contributed by atoms with van der Waals surface area (Å²) in [5.41, 5.74) is 1.99. The molecule has 4 aromatic carbocycles. The Kier molecular flexibility index (Phi) is 9.79. The van der Waals surface area contributed by atoms with Gasteiger partial charge in [-0.1, -0.05) is 75.8 Å². The summed E-state index contributed by atoms with van der Waals surface area (Å²) in [6.07, 6.45) is 1.77. The maximum Gasteiger partial charge on any atom is 0.338 e. The van der Waals surface area contributed by atoms with Gasteiger partial charge in [-0.25, -0.2) is 14.2 Å². The highest BCUT2D eigenvalue weighted by Crippen LogP contribution is 2.41. The maximum atomic E-state index is 14.5. The van der Waals surface area contributed by atoms with E-state index in [2.05, 4.69) is 15.9 Å². The molecule has 8 nitrogen and oxygen atoms in total. The molecule has 1 atom stereocenters. The van der Waals surface area contributed by atoms with Crippen LogP contribution in [0, 0.1) is 5.82 Å². The third-order valence-corrected chi connectivity index (χ3v) is 9.61. The number of benzene rings is 4. The Balaban J connectivity index is 1.56. The molecule has 246 valence electrons. The Hall–Kier alpha value is -4.74. The molecule has 1 aliphatic heterocycles. The molecule has 0 N–H and O–H groups in total. The molecule has 48 heavy (non-hydrogen) atoms. The number of carbonyl (C=O) groups is 1. The first-order chi connectivity index (χ1) is 23.2. The number of esters is 1. The Labute approximate surface area is 288 Å². The fraction of sp³-hybridized carbons (Fsp3) is 0.216. The second-order valence-electron chi connectivity index (χ2n) is 10.8. The molecule has 1 aliphatic rings. The van der Waals surface area contributed by atoms with Gasteiger partial charge < -0.3 is 18.9 Å². The Morgan fingerprint density at radius 3 is 2.52 bits per heavy atom. The molecule has 0 unspecified atom stereocenters. The SMILES string of the molecule is CCOC(=O)C1=C(C)N=c2s/c(=C/c3c(OCc4ccccc4F)ccc4ccccc34)c(=O)n2[C@@H]1c1cc(OC)c(OCC)cc1Br. The van der Waals surface area contributed by atoms with Crippen LogP contribution in [0.3, 0.4) is 0 Å². The van der Waals surface area contributed by atoms with Crippen molar-refractivity contribution in [2.75, 3.05) is 20.3 Å². The minimum absolute atomic E-state index is 0.00278. The monoisotopic (exact) mass is 730 g/mol. The molecule has 11 heteroatoms. The van der Waals surface area contributed by atoms with Crippen molar-refractivity contribution in [3.8, 4) is 17.2 Å². The Morgan fingerprint density at radius 2 is 1.77 bits per heavy atom. The molecule has 6 rings (SSSR count). The van der Waals surface area contributed by atoms with Gasteiger partial charge in [0, 0.05) is 15.6 Å². The number of aromatic nitrogens is 1. The molecule has 5 aromatic rings. The smallest absolute Gasteiger partial charge is 0.338 e. The largest absolute Gasteiger partial charge is 0.493 e. The van der Waals surface area contributed by atoms with Gasteiger partial charge in [-0.3, -0.25) is 9.36 Å². The number of allylic oxidation sites excluding steroid dienone is 1. The highest BCUT2D eigenvalue weighted by atomic mass is 79.9. The van der Waals surface area contributed by atoms with Crippen molar-refractivity contribution in [1.82, 2.24) is 4.57 Å². The van der Waals surface area contributed by atoms with E-state index in [1.54, 1.807) is 50.3 Å². The summed E-state index contributed by atoms with van der Waals surface area (Å²) in [6, 6.07) is 20.6. The molecule has 0 amide bonds. The number of nitrogens with zero attached hydrogens (tertiary/aromatic N) is 2. The van der Waals surface area contributed by atoms with E-state index >= 15 is 0 Å². The van der Waals surface area contributed by atoms with Crippen LogP contribution in [-0.4, -0.2) is 30.9 Å². The van der Waals surface area contributed by atoms with Crippen LogP contribution in [-0.2, 0) is 16.1 Å². The number of thiazole rings is 1. The summed E-state index contributed by atoms with van der Waals surface area (Å²) in [6.45, 7) is 5.90. The number of hydrogen-bond donors (Lipinski definition) is 0. The molecule has 0 saturated heterocycles. The molecule has 0 fully saturated rings. The number of carbonyl (C=O) groups excluding carboxylic acids is 1. The number of halogens is 2. The predicted molar refractivity (Wildman–Crippen MR) is 187 cm³/mol. The van der Waals surface area contributed by atoms with E-state index in [1.165, 1.54) is 29.1 Å². The molecule has 2 heterocycles. The summed E-state index contributed by atoms with van der Waals surface area (Å²) in [5.74, 6) is 0.512. The lowest BCUT2D eigenvalue weighted by Gasteiger charge is -2.26. The van der Waals surface area contributed by atoms with Gasteiger partial charge >= 0.3 is 5.97 Å². The molecule has 0 spiro atoms. The minimum atomic E-state index is -0.884. The molecule has 0 saturated carbocycles. The van der Waals surface area contributed by atoms with E-state index in [1.807, 2.05) is 43.3 Å². The van der Waals surface area contributed by atoms with E-state index < -0.39 is 12.0 Å². The predicted octanol–water partition coefficient (Wildman–Crippen LogP) is 6.84. The number of methoxy groups -OCH3 is 1. The first kappa shape index (κ1) is 33.2. The molecule has 1 aromatic heterocycles. The van der Waals surface area contributed by atoms with Crippen LogP contribution < -0.4 is 29.1 Å². The summed E-state index contributed by atoms with van der Waals surface area (Å²) in [7, 11) is 1.53. The van der Waals surface area contributed by atoms with Gasteiger partial charge in [0.2, 0.25) is 0 Å². The van der Waals surface area contributed by atoms with Gasteiger partial charge in [0.25, 0.3) is 5.56 Å². The number of rotatable bonds is 10. The van der Waals surface area contributed by atoms with Gasteiger partial charge in [0.15, 0.2) is 16.3 Å². The summed E-state index contributed by atoms with van der Waals surface area (Å²) < 4.78 is 40.0. The molecular weight excluding hydrogens is 699 g/mol. The van der Waals surface area contributed by atoms with Crippen molar-refractivity contribution in [1.29, 1.82) is 0 Å². The van der Waals surface area contributed by atoms with Crippen molar-refractivity contribution >= 4 is 50.1 Å². The normalized spacial score (nSPS) is 14.5. The van der Waals surface area contributed by atoms with E-state index in [0.717, 1.165) is 10.8 Å². The highest BCUT2D eigenvalue weighted by Gasteiger charge is 2.35. The zero-order chi connectivity index (χ0) is 33.9. The lowest BCUT2D eigenvalue weighted by atomic mass is 9.95. The van der Waals surface area contributed by atoms with Gasteiger partial charge in [0.1, 0.15) is 18.2 Å². The first-order valence-corrected chi connectivity index (χ1v) is 16.9. The van der Waals surface area contributed by atoms with Crippen molar-refractivity contribution in [2.24, 2.45) is 4.99 Å². The highest BCUT2D eigenvalue weighted by molar-refractivity contribution is 9.10. The fourth-order valence-corrected chi connectivity index (χ4v) is 7.29. The zero-order valence-electron chi connectivity index (χ0n) is 26.7. The van der Waals surface area contributed by atoms with E-state index in [-0.39, 0.29) is 30.2 Å². The van der Waals surface area contributed by atoms with Crippen molar-refractivity contribution in [3.05, 3.63) is 131 Å². The van der Waals surface area contributed by atoms with Crippen LogP contribution in [0.1, 0.15) is 43.5 Å². The lowest BCUT2D eigenvalue weighted by Crippen LogP contribution is -2.40. The van der Waals surface area contributed by atoms with Gasteiger partial charge in [0.05, 0.1) is 42.2 Å². The third kappa shape index (κ3) is 6.27. The standard InChI is InChI=1S/C37H32BrFN2O6S/c1-5-45-31-19-27(38)26(17-30(31)44-4)34-33(36(43)46-6-2)21(3)40-37-41(34)35(42)32(48-37)18-25-24-13-9-7-11-22(24)15-16-29(25)47-20-23-12-8-10-14-28(23)39/h7-19,34H,5-6,20H2,1-4H3/b32-18+/t34-/m1/s1. The lowest BCUT2D eigenvalue weighted by molar-refractivity contribution is -0.139. The number of ether oxygens (including phenoxy) is 4. The fourth-order valence-electron chi connectivity index (χ4n) is 5.73. The molecule has 0 aliphatic carbocycles.